The highest BCUT2D eigenvalue weighted by Gasteiger charge is 2.35. The number of hydrogen-bond acceptors (Lipinski definition) is 6. The maximum absolute atomic E-state index is 13.5. The highest BCUT2D eigenvalue weighted by Crippen LogP contribution is 2.36. The van der Waals surface area contributed by atoms with Crippen LogP contribution < -0.4 is 9.47 Å². The molecular weight excluding hydrogens is 416 g/mol. The van der Waals surface area contributed by atoms with Crippen LogP contribution in [-0.2, 0) is 4.79 Å². The van der Waals surface area contributed by atoms with Gasteiger partial charge >= 0.3 is 0 Å². The van der Waals surface area contributed by atoms with E-state index in [4.69, 9.17) is 14.6 Å². The molecule has 7 heteroatoms. The second-order valence-corrected chi connectivity index (χ2v) is 8.69. The predicted molar refractivity (Wildman–Crippen MR) is 130 cm³/mol. The standard InChI is InChI=1S/C26H34N4O3/c1-5-28-12-14-29(15-13-28)18-26(31)30-24(20-8-6-19(2)7-9-20)17-23(27-30)22-11-10-21(32-3)16-25(22)33-4/h6-11,16,24H,5,12-15,17-18H2,1-4H3/t24-/m0/s1. The lowest BCUT2D eigenvalue weighted by Crippen LogP contribution is -2.49. The third-order valence-electron chi connectivity index (χ3n) is 6.62. The van der Waals surface area contributed by atoms with Crippen LogP contribution in [0.2, 0.25) is 0 Å². The number of carbonyl (C=O) groups is 1. The van der Waals surface area contributed by atoms with Gasteiger partial charge in [0.2, 0.25) is 0 Å². The van der Waals surface area contributed by atoms with E-state index in [1.54, 1.807) is 19.2 Å². The van der Waals surface area contributed by atoms with Gasteiger partial charge in [0.1, 0.15) is 11.5 Å². The fraction of sp³-hybridized carbons (Fsp3) is 0.462. The van der Waals surface area contributed by atoms with Crippen LogP contribution in [0, 0.1) is 6.92 Å². The molecule has 0 aliphatic carbocycles. The number of likely N-dealkylation sites (N-methyl/N-ethyl adjacent to an activating group) is 1. The Morgan fingerprint density at radius 2 is 1.70 bits per heavy atom. The molecule has 0 N–H and O–H groups in total. The van der Waals surface area contributed by atoms with Gasteiger partial charge in [0.05, 0.1) is 32.5 Å². The molecule has 1 saturated heterocycles. The molecule has 7 nitrogen and oxygen atoms in total. The van der Waals surface area contributed by atoms with Crippen LogP contribution in [0.4, 0.5) is 0 Å². The highest BCUT2D eigenvalue weighted by atomic mass is 16.5. The van der Waals surface area contributed by atoms with Crippen molar-refractivity contribution in [3.63, 3.8) is 0 Å². The van der Waals surface area contributed by atoms with Crippen LogP contribution >= 0.6 is 0 Å². The van der Waals surface area contributed by atoms with E-state index < -0.39 is 0 Å². The third kappa shape index (κ3) is 5.20. The molecule has 0 bridgehead atoms. The predicted octanol–water partition coefficient (Wildman–Crippen LogP) is 3.33. The minimum absolute atomic E-state index is 0.0352. The maximum Gasteiger partial charge on any atom is 0.257 e. The molecule has 2 aliphatic rings. The largest absolute Gasteiger partial charge is 0.497 e. The number of piperazine rings is 1. The molecule has 1 atom stereocenters. The van der Waals surface area contributed by atoms with E-state index in [1.807, 2.05) is 18.2 Å². The van der Waals surface area contributed by atoms with Crippen molar-refractivity contribution in [2.45, 2.75) is 26.3 Å². The van der Waals surface area contributed by atoms with E-state index in [0.717, 1.165) is 55.3 Å². The molecule has 2 aromatic rings. The zero-order chi connectivity index (χ0) is 23.4. The Morgan fingerprint density at radius 1 is 1.00 bits per heavy atom. The van der Waals surface area contributed by atoms with Gasteiger partial charge in [-0.1, -0.05) is 36.8 Å². The monoisotopic (exact) mass is 450 g/mol. The number of aryl methyl sites for hydroxylation is 1. The van der Waals surface area contributed by atoms with Gasteiger partial charge in [0, 0.05) is 44.2 Å². The summed E-state index contributed by atoms with van der Waals surface area (Å²) < 4.78 is 11.0. The molecule has 2 heterocycles. The molecule has 1 fully saturated rings. The molecule has 2 aliphatic heterocycles. The maximum atomic E-state index is 13.5. The minimum Gasteiger partial charge on any atom is -0.497 e. The number of hydrazone groups is 1. The Labute approximate surface area is 196 Å². The van der Waals surface area contributed by atoms with Crippen molar-refractivity contribution in [1.29, 1.82) is 0 Å². The molecular formula is C26H34N4O3. The van der Waals surface area contributed by atoms with Gasteiger partial charge in [-0.2, -0.15) is 5.10 Å². The molecule has 176 valence electrons. The molecule has 0 aromatic heterocycles. The van der Waals surface area contributed by atoms with Crippen LogP contribution in [0.3, 0.4) is 0 Å². The molecule has 0 spiro atoms. The number of hydrogen-bond donors (Lipinski definition) is 0. The number of nitrogens with zero attached hydrogens (tertiary/aromatic N) is 4. The first kappa shape index (κ1) is 23.3. The first-order valence-electron chi connectivity index (χ1n) is 11.7. The highest BCUT2D eigenvalue weighted by molar-refractivity contribution is 6.05. The summed E-state index contributed by atoms with van der Waals surface area (Å²) in [5.41, 5.74) is 4.03. The number of rotatable bonds is 7. The van der Waals surface area contributed by atoms with Crippen molar-refractivity contribution < 1.29 is 14.3 Å². The van der Waals surface area contributed by atoms with E-state index in [-0.39, 0.29) is 11.9 Å². The number of ether oxygens (including phenoxy) is 2. The van der Waals surface area contributed by atoms with Crippen molar-refractivity contribution in [3.05, 3.63) is 59.2 Å². The van der Waals surface area contributed by atoms with Crippen LogP contribution in [0.1, 0.15) is 36.1 Å². The zero-order valence-electron chi connectivity index (χ0n) is 20.1. The summed E-state index contributed by atoms with van der Waals surface area (Å²) in [5.74, 6) is 1.46. The normalized spacial score (nSPS) is 19.5. The van der Waals surface area contributed by atoms with E-state index in [1.165, 1.54) is 5.56 Å². The molecule has 1 amide bonds. The van der Waals surface area contributed by atoms with Gasteiger partial charge in [0.15, 0.2) is 0 Å². The summed E-state index contributed by atoms with van der Waals surface area (Å²) in [5, 5.41) is 6.53. The molecule has 0 unspecified atom stereocenters. The quantitative estimate of drug-likeness (QED) is 0.648. The van der Waals surface area contributed by atoms with E-state index in [9.17, 15) is 4.79 Å². The summed E-state index contributed by atoms with van der Waals surface area (Å²) in [6.07, 6.45) is 0.640. The van der Waals surface area contributed by atoms with Crippen LogP contribution in [0.5, 0.6) is 11.5 Å². The second kappa shape index (κ2) is 10.4. The SMILES string of the molecule is CCN1CCN(CC(=O)N2N=C(c3ccc(OC)cc3OC)C[C@H]2c2ccc(C)cc2)CC1. The summed E-state index contributed by atoms with van der Waals surface area (Å²) in [7, 11) is 3.28. The van der Waals surface area contributed by atoms with E-state index >= 15 is 0 Å². The first-order valence-corrected chi connectivity index (χ1v) is 11.7. The van der Waals surface area contributed by atoms with Crippen molar-refractivity contribution in [1.82, 2.24) is 14.8 Å². The lowest BCUT2D eigenvalue weighted by Gasteiger charge is -2.34. The van der Waals surface area contributed by atoms with Gasteiger partial charge in [0.25, 0.3) is 5.91 Å². The third-order valence-corrected chi connectivity index (χ3v) is 6.62. The van der Waals surface area contributed by atoms with Gasteiger partial charge in [-0.25, -0.2) is 5.01 Å². The summed E-state index contributed by atoms with van der Waals surface area (Å²) in [6.45, 7) is 9.52. The molecule has 33 heavy (non-hydrogen) atoms. The first-order chi connectivity index (χ1) is 16.0. The van der Waals surface area contributed by atoms with Gasteiger partial charge < -0.3 is 14.4 Å². The average molecular weight is 451 g/mol. The summed E-state index contributed by atoms with van der Waals surface area (Å²) >= 11 is 0. The smallest absolute Gasteiger partial charge is 0.257 e. The number of carbonyl (C=O) groups excluding carboxylic acids is 1. The lowest BCUT2D eigenvalue weighted by atomic mass is 9.97. The Kier molecular flexibility index (Phi) is 7.30. The Bertz CT molecular complexity index is 997. The average Bonchev–Trinajstić information content (AvgIpc) is 3.30. The molecule has 0 saturated carbocycles. The number of methoxy groups -OCH3 is 2. The summed E-state index contributed by atoms with van der Waals surface area (Å²) in [6, 6.07) is 14.0. The van der Waals surface area contributed by atoms with Crippen molar-refractivity contribution in [3.8, 4) is 11.5 Å². The Hall–Kier alpha value is -2.90. The van der Waals surface area contributed by atoms with Gasteiger partial charge in [-0.05, 0) is 31.2 Å². The Balaban J connectivity index is 1.60. The second-order valence-electron chi connectivity index (χ2n) is 8.69. The topological polar surface area (TPSA) is 57.6 Å². The van der Waals surface area contributed by atoms with Crippen LogP contribution in [0.15, 0.2) is 47.6 Å². The lowest BCUT2D eigenvalue weighted by molar-refractivity contribution is -0.134. The van der Waals surface area contributed by atoms with Crippen LogP contribution in [-0.4, -0.2) is 79.9 Å². The number of benzene rings is 2. The number of amides is 1. The van der Waals surface area contributed by atoms with Gasteiger partial charge in [-0.15, -0.1) is 0 Å². The van der Waals surface area contributed by atoms with Crippen LogP contribution in [0.25, 0.3) is 0 Å². The zero-order valence-corrected chi connectivity index (χ0v) is 20.1. The Morgan fingerprint density at radius 3 is 2.33 bits per heavy atom. The van der Waals surface area contributed by atoms with Crippen molar-refractivity contribution >= 4 is 11.6 Å². The summed E-state index contributed by atoms with van der Waals surface area (Å²) in [4.78, 5) is 18.1. The molecule has 0 radical (unpaired) electrons. The van der Waals surface area contributed by atoms with Crippen molar-refractivity contribution in [2.24, 2.45) is 5.10 Å². The molecule has 2 aromatic carbocycles. The molecule has 4 rings (SSSR count). The van der Waals surface area contributed by atoms with E-state index in [2.05, 4.69) is 47.9 Å². The van der Waals surface area contributed by atoms with Gasteiger partial charge in [-0.3, -0.25) is 9.69 Å². The fourth-order valence-electron chi connectivity index (χ4n) is 4.52. The minimum atomic E-state index is -0.128. The van der Waals surface area contributed by atoms with Crippen molar-refractivity contribution in [2.75, 3.05) is 53.5 Å². The fourth-order valence-corrected chi connectivity index (χ4v) is 4.52. The van der Waals surface area contributed by atoms with E-state index in [0.29, 0.717) is 18.7 Å².